The first kappa shape index (κ1) is 38.5. The molecule has 0 bridgehead atoms. The van der Waals surface area contributed by atoms with E-state index in [4.69, 9.17) is 25.8 Å². The van der Waals surface area contributed by atoms with Crippen LogP contribution in [0.5, 0.6) is 17.2 Å². The topological polar surface area (TPSA) is 114 Å². The van der Waals surface area contributed by atoms with Crippen LogP contribution in [0.15, 0.2) is 95.9 Å². The van der Waals surface area contributed by atoms with Crippen molar-refractivity contribution >= 4 is 39.1 Å². The highest BCUT2D eigenvalue weighted by Crippen LogP contribution is 2.37. The quantitative estimate of drug-likeness (QED) is 0.140. The summed E-state index contributed by atoms with van der Waals surface area (Å²) >= 11 is 6.44. The van der Waals surface area contributed by atoms with Crippen LogP contribution in [0.25, 0.3) is 0 Å². The molecule has 0 radical (unpaired) electrons. The number of anilines is 1. The Balaban J connectivity index is 1.63. The number of carbonyl (C=O) groups is 2. The van der Waals surface area contributed by atoms with Gasteiger partial charge in [-0.15, -0.1) is 0 Å². The molecule has 0 saturated heterocycles. The second-order valence-corrected chi connectivity index (χ2v) is 15.1. The molecule has 0 aliphatic heterocycles. The Labute approximate surface area is 311 Å². The normalized spacial score (nSPS) is 13.9. The molecule has 1 atom stereocenters. The summed E-state index contributed by atoms with van der Waals surface area (Å²) in [5.41, 5.74) is 2.67. The van der Waals surface area contributed by atoms with Crippen molar-refractivity contribution in [1.29, 1.82) is 0 Å². The van der Waals surface area contributed by atoms with Crippen molar-refractivity contribution in [3.05, 3.63) is 113 Å². The molecule has 2 amide bonds. The number of nitrogens with zero attached hydrogens (tertiary/aromatic N) is 2. The number of rotatable bonds is 15. The van der Waals surface area contributed by atoms with E-state index in [1.54, 1.807) is 12.1 Å². The number of sulfonamides is 1. The first-order valence-electron chi connectivity index (χ1n) is 17.3. The zero-order valence-electron chi connectivity index (χ0n) is 30.0. The number of nitrogens with one attached hydrogen (secondary N) is 1. The first-order chi connectivity index (χ1) is 25.0. The van der Waals surface area contributed by atoms with Gasteiger partial charge in [0, 0.05) is 30.1 Å². The van der Waals surface area contributed by atoms with E-state index in [9.17, 15) is 18.0 Å². The maximum absolute atomic E-state index is 15.0. The summed E-state index contributed by atoms with van der Waals surface area (Å²) in [7, 11) is -0.220. The number of benzene rings is 4. The van der Waals surface area contributed by atoms with Gasteiger partial charge >= 0.3 is 0 Å². The van der Waals surface area contributed by atoms with Gasteiger partial charge in [-0.3, -0.25) is 13.9 Å². The Morgan fingerprint density at radius 3 is 2.15 bits per heavy atom. The van der Waals surface area contributed by atoms with E-state index >= 15 is 0 Å². The van der Waals surface area contributed by atoms with Crippen LogP contribution in [0.4, 0.5) is 5.69 Å². The van der Waals surface area contributed by atoms with Crippen LogP contribution in [-0.2, 0) is 32.6 Å². The van der Waals surface area contributed by atoms with Gasteiger partial charge in [0.25, 0.3) is 10.0 Å². The molecular weight excluding hydrogens is 702 g/mol. The molecule has 0 aromatic heterocycles. The summed E-state index contributed by atoms with van der Waals surface area (Å²) in [5, 5.41) is 3.47. The second-order valence-electron chi connectivity index (χ2n) is 12.8. The van der Waals surface area contributed by atoms with Gasteiger partial charge in [0.1, 0.15) is 18.3 Å². The van der Waals surface area contributed by atoms with Gasteiger partial charge in [-0.05, 0) is 66.8 Å². The molecule has 10 nitrogen and oxygen atoms in total. The van der Waals surface area contributed by atoms with E-state index in [0.29, 0.717) is 5.75 Å². The lowest BCUT2D eigenvalue weighted by Gasteiger charge is -2.35. The first-order valence-corrected chi connectivity index (χ1v) is 19.1. The van der Waals surface area contributed by atoms with Crippen molar-refractivity contribution in [1.82, 2.24) is 10.2 Å². The van der Waals surface area contributed by atoms with Crippen molar-refractivity contribution in [2.45, 2.75) is 69.0 Å². The molecule has 4 aromatic carbocycles. The molecule has 1 saturated carbocycles. The summed E-state index contributed by atoms with van der Waals surface area (Å²) in [5.74, 6) is -0.165. The predicted octanol–water partition coefficient (Wildman–Crippen LogP) is 6.96. The molecule has 1 aliphatic rings. The van der Waals surface area contributed by atoms with E-state index in [0.717, 1.165) is 53.1 Å². The molecule has 1 fully saturated rings. The number of hydrogen-bond acceptors (Lipinski definition) is 7. The van der Waals surface area contributed by atoms with Crippen molar-refractivity contribution in [3.63, 3.8) is 0 Å². The fourth-order valence-corrected chi connectivity index (χ4v) is 8.14. The number of carbonyl (C=O) groups excluding carboxylic acids is 2. The minimum atomic E-state index is -4.49. The molecule has 4 aromatic rings. The van der Waals surface area contributed by atoms with Crippen molar-refractivity contribution in [2.24, 2.45) is 0 Å². The predicted molar refractivity (Wildman–Crippen MR) is 203 cm³/mol. The largest absolute Gasteiger partial charge is 0.495 e. The van der Waals surface area contributed by atoms with E-state index in [-0.39, 0.29) is 52.0 Å². The van der Waals surface area contributed by atoms with Gasteiger partial charge in [0.15, 0.2) is 11.5 Å². The minimum Gasteiger partial charge on any atom is -0.495 e. The molecule has 0 spiro atoms. The van der Waals surface area contributed by atoms with Crippen molar-refractivity contribution < 1.29 is 32.2 Å². The number of methoxy groups -OCH3 is 3. The smallest absolute Gasteiger partial charge is 0.265 e. The third-order valence-corrected chi connectivity index (χ3v) is 11.4. The molecule has 52 heavy (non-hydrogen) atoms. The number of amides is 2. The van der Waals surface area contributed by atoms with Crippen molar-refractivity contribution in [3.8, 4) is 17.2 Å². The second kappa shape index (κ2) is 17.7. The van der Waals surface area contributed by atoms with Crippen LogP contribution in [0, 0.1) is 6.92 Å². The Bertz CT molecular complexity index is 1950. The highest BCUT2D eigenvalue weighted by Gasteiger charge is 2.37. The standard InChI is InChI=1S/C40H46ClN3O7S/c1-28-13-11-12-16-30(28)26-43(35(23-29-14-7-5-8-15-29)40(46)42-32-17-9-6-10-18-32)39(45)27-44(34-24-31(41)19-21-36(34)49-2)52(47,48)33-20-22-37(50-3)38(25-33)51-4/h5,7-8,11-16,19-22,24-25,32,35H,6,9-10,17-18,23,26-27H2,1-4H3,(H,42,46)/t35-/m1/s1. The van der Waals surface area contributed by atoms with Crippen LogP contribution >= 0.6 is 11.6 Å². The van der Waals surface area contributed by atoms with E-state index < -0.39 is 28.5 Å². The fourth-order valence-electron chi connectivity index (χ4n) is 6.54. The Hall–Kier alpha value is -4.74. The molecule has 0 heterocycles. The van der Waals surface area contributed by atoms with Gasteiger partial charge < -0.3 is 24.4 Å². The summed E-state index contributed by atoms with van der Waals surface area (Å²) in [6.45, 7) is 1.34. The van der Waals surface area contributed by atoms with Crippen LogP contribution < -0.4 is 23.8 Å². The van der Waals surface area contributed by atoms with Crippen LogP contribution in [0.2, 0.25) is 5.02 Å². The molecule has 1 N–H and O–H groups in total. The number of halogens is 1. The average Bonchev–Trinajstić information content (AvgIpc) is 3.16. The molecular formula is C40H46ClN3O7S. The molecule has 0 unspecified atom stereocenters. The SMILES string of the molecule is COc1ccc(S(=O)(=O)N(CC(=O)N(Cc2ccccc2C)[C@H](Cc2ccccc2)C(=O)NC2CCCCC2)c2cc(Cl)ccc2OC)cc1OC. The van der Waals surface area contributed by atoms with Crippen molar-refractivity contribution in [2.75, 3.05) is 32.2 Å². The molecule has 12 heteroatoms. The van der Waals surface area contributed by atoms with E-state index in [1.807, 2.05) is 61.5 Å². The Morgan fingerprint density at radius 1 is 0.827 bits per heavy atom. The van der Waals surface area contributed by atoms with E-state index in [2.05, 4.69) is 5.32 Å². The number of aryl methyl sites for hydroxylation is 1. The third kappa shape index (κ3) is 9.18. The van der Waals surface area contributed by atoms with Gasteiger partial charge in [-0.1, -0.05) is 85.5 Å². The van der Waals surface area contributed by atoms with Crippen LogP contribution in [0.3, 0.4) is 0 Å². The summed E-state index contributed by atoms with van der Waals surface area (Å²) < 4.78 is 46.7. The minimum absolute atomic E-state index is 0.00686. The lowest BCUT2D eigenvalue weighted by molar-refractivity contribution is -0.140. The third-order valence-electron chi connectivity index (χ3n) is 9.46. The zero-order chi connectivity index (χ0) is 37.3. The monoisotopic (exact) mass is 747 g/mol. The molecule has 276 valence electrons. The maximum atomic E-state index is 15.0. The highest BCUT2D eigenvalue weighted by atomic mass is 35.5. The van der Waals surface area contributed by atoms with Gasteiger partial charge in [-0.2, -0.15) is 0 Å². The lowest BCUT2D eigenvalue weighted by Crippen LogP contribution is -2.55. The summed E-state index contributed by atoms with van der Waals surface area (Å²) in [6.07, 6.45) is 5.10. The summed E-state index contributed by atoms with van der Waals surface area (Å²) in [6, 6.07) is 24.9. The van der Waals surface area contributed by atoms with E-state index in [1.165, 1.54) is 50.5 Å². The Morgan fingerprint density at radius 2 is 1.48 bits per heavy atom. The van der Waals surface area contributed by atoms with Gasteiger partial charge in [0.2, 0.25) is 11.8 Å². The maximum Gasteiger partial charge on any atom is 0.265 e. The fraction of sp³-hybridized carbons (Fsp3) is 0.350. The zero-order valence-corrected chi connectivity index (χ0v) is 31.6. The highest BCUT2D eigenvalue weighted by molar-refractivity contribution is 7.92. The molecule has 1 aliphatic carbocycles. The summed E-state index contributed by atoms with van der Waals surface area (Å²) in [4.78, 5) is 30.7. The van der Waals surface area contributed by atoms with Gasteiger partial charge in [0.05, 0.1) is 31.9 Å². The average molecular weight is 748 g/mol. The van der Waals surface area contributed by atoms with Crippen LogP contribution in [-0.4, -0.2) is 65.1 Å². The molecule has 5 rings (SSSR count). The number of hydrogen-bond donors (Lipinski definition) is 1. The lowest BCUT2D eigenvalue weighted by atomic mass is 9.94. The Kier molecular flexibility index (Phi) is 13.1. The van der Waals surface area contributed by atoms with Crippen LogP contribution in [0.1, 0.15) is 48.8 Å². The van der Waals surface area contributed by atoms with Gasteiger partial charge in [-0.25, -0.2) is 8.42 Å². The number of ether oxygens (including phenoxy) is 3.